The molecule has 0 spiro atoms. The number of unbranched alkanes of at least 4 members (excludes halogenated alkanes) is 1. The van der Waals surface area contributed by atoms with Crippen LogP contribution in [0.5, 0.6) is 0 Å². The Labute approximate surface area is 140 Å². The van der Waals surface area contributed by atoms with E-state index >= 15 is 0 Å². The molecular formula is C18H29ClN2O. The summed E-state index contributed by atoms with van der Waals surface area (Å²) in [5.41, 5.74) is 7.06. The van der Waals surface area contributed by atoms with Gasteiger partial charge in [-0.1, -0.05) is 68.9 Å². The Hall–Kier alpha value is -1.06. The van der Waals surface area contributed by atoms with Crippen LogP contribution in [0.4, 0.5) is 0 Å². The average molecular weight is 325 g/mol. The summed E-state index contributed by atoms with van der Waals surface area (Å²) in [7, 11) is 0. The minimum atomic E-state index is -0.442. The first-order valence-corrected chi connectivity index (χ1v) is 8.33. The molecule has 0 radical (unpaired) electrons. The second-order valence-electron chi connectivity index (χ2n) is 6.23. The highest BCUT2D eigenvalue weighted by molar-refractivity contribution is 5.85. The lowest BCUT2D eigenvalue weighted by molar-refractivity contribution is -0.122. The molecule has 1 fully saturated rings. The van der Waals surface area contributed by atoms with Crippen LogP contribution in [0.25, 0.3) is 0 Å². The van der Waals surface area contributed by atoms with Gasteiger partial charge in [-0.3, -0.25) is 4.79 Å². The molecule has 0 bridgehead atoms. The van der Waals surface area contributed by atoms with Crippen LogP contribution in [0, 0.1) is 5.92 Å². The number of hydrogen-bond acceptors (Lipinski definition) is 2. The fourth-order valence-corrected chi connectivity index (χ4v) is 3.16. The Morgan fingerprint density at radius 3 is 2.55 bits per heavy atom. The lowest BCUT2D eigenvalue weighted by Crippen LogP contribution is -2.42. The third-order valence-electron chi connectivity index (χ3n) is 4.45. The van der Waals surface area contributed by atoms with Gasteiger partial charge in [-0.2, -0.15) is 0 Å². The van der Waals surface area contributed by atoms with Crippen molar-refractivity contribution < 1.29 is 4.79 Å². The van der Waals surface area contributed by atoms with E-state index in [9.17, 15) is 4.79 Å². The number of benzene rings is 1. The van der Waals surface area contributed by atoms with Crippen LogP contribution < -0.4 is 11.1 Å². The summed E-state index contributed by atoms with van der Waals surface area (Å²) in [4.78, 5) is 11.9. The Kier molecular flexibility index (Phi) is 9.17. The van der Waals surface area contributed by atoms with Crippen molar-refractivity contribution in [2.24, 2.45) is 11.7 Å². The van der Waals surface area contributed by atoms with Crippen molar-refractivity contribution in [2.75, 3.05) is 6.54 Å². The maximum atomic E-state index is 11.9. The number of halogens is 1. The summed E-state index contributed by atoms with van der Waals surface area (Å²) in [6.45, 7) is 0.758. The molecule has 22 heavy (non-hydrogen) atoms. The standard InChI is InChI=1S/C18H28N2O.ClH/c19-17(14-16-11-2-1-3-12-16)18(21)20-13-7-6-10-15-8-4-5-9-15;/h1-3,11-12,15,17H,4-10,13-14,19H2,(H,20,21);1H/t17-;/m0./s1. The molecule has 124 valence electrons. The van der Waals surface area contributed by atoms with Gasteiger partial charge in [-0.05, 0) is 24.3 Å². The maximum absolute atomic E-state index is 11.9. The van der Waals surface area contributed by atoms with E-state index in [0.717, 1.165) is 24.4 Å². The molecule has 4 heteroatoms. The molecule has 0 aliphatic heterocycles. The summed E-state index contributed by atoms with van der Waals surface area (Å²) in [6.07, 6.45) is 9.87. The van der Waals surface area contributed by atoms with E-state index < -0.39 is 6.04 Å². The van der Waals surface area contributed by atoms with Crippen molar-refractivity contribution in [3.8, 4) is 0 Å². The zero-order valence-corrected chi connectivity index (χ0v) is 14.1. The molecule has 1 saturated carbocycles. The highest BCUT2D eigenvalue weighted by atomic mass is 35.5. The SMILES string of the molecule is Cl.N[C@@H](Cc1ccccc1)C(=O)NCCCCC1CCCC1. The van der Waals surface area contributed by atoms with Gasteiger partial charge in [0, 0.05) is 6.54 Å². The smallest absolute Gasteiger partial charge is 0.237 e. The normalized spacial score (nSPS) is 16.0. The van der Waals surface area contributed by atoms with E-state index in [1.54, 1.807) is 0 Å². The number of rotatable bonds is 8. The van der Waals surface area contributed by atoms with Crippen molar-refractivity contribution in [3.63, 3.8) is 0 Å². The number of nitrogens with two attached hydrogens (primary N) is 1. The van der Waals surface area contributed by atoms with Crippen molar-refractivity contribution in [1.29, 1.82) is 0 Å². The maximum Gasteiger partial charge on any atom is 0.237 e. The van der Waals surface area contributed by atoms with E-state index in [2.05, 4.69) is 5.32 Å². The number of hydrogen-bond donors (Lipinski definition) is 2. The van der Waals surface area contributed by atoms with Crippen LogP contribution in [0.1, 0.15) is 50.5 Å². The summed E-state index contributed by atoms with van der Waals surface area (Å²) >= 11 is 0. The predicted octanol–water partition coefficient (Wildman–Crippen LogP) is 3.45. The minimum absolute atomic E-state index is 0. The van der Waals surface area contributed by atoms with Gasteiger partial charge in [-0.25, -0.2) is 0 Å². The van der Waals surface area contributed by atoms with Gasteiger partial charge in [0.05, 0.1) is 6.04 Å². The fourth-order valence-electron chi connectivity index (χ4n) is 3.16. The molecule has 0 saturated heterocycles. The molecular weight excluding hydrogens is 296 g/mol. The van der Waals surface area contributed by atoms with Gasteiger partial charge in [0.15, 0.2) is 0 Å². The molecule has 3 N–H and O–H groups in total. The van der Waals surface area contributed by atoms with Crippen LogP contribution in [0.2, 0.25) is 0 Å². The summed E-state index contributed by atoms with van der Waals surface area (Å²) in [6, 6.07) is 9.50. The van der Waals surface area contributed by atoms with Gasteiger partial charge < -0.3 is 11.1 Å². The van der Waals surface area contributed by atoms with Gasteiger partial charge in [-0.15, -0.1) is 12.4 Å². The van der Waals surface area contributed by atoms with Crippen LogP contribution >= 0.6 is 12.4 Å². The van der Waals surface area contributed by atoms with Crippen molar-refractivity contribution in [3.05, 3.63) is 35.9 Å². The third-order valence-corrected chi connectivity index (χ3v) is 4.45. The average Bonchev–Trinajstić information content (AvgIpc) is 3.01. The molecule has 1 aliphatic rings. The van der Waals surface area contributed by atoms with Crippen LogP contribution in [0.15, 0.2) is 30.3 Å². The summed E-state index contributed by atoms with van der Waals surface area (Å²) in [5.74, 6) is 0.917. The molecule has 1 aromatic carbocycles. The van der Waals surface area contributed by atoms with E-state index in [0.29, 0.717) is 6.42 Å². The zero-order valence-electron chi connectivity index (χ0n) is 13.3. The molecule has 0 heterocycles. The lowest BCUT2D eigenvalue weighted by Gasteiger charge is -2.13. The molecule has 3 nitrogen and oxygen atoms in total. The molecule has 1 atom stereocenters. The summed E-state index contributed by atoms with van der Waals surface area (Å²) < 4.78 is 0. The second-order valence-corrected chi connectivity index (χ2v) is 6.23. The predicted molar refractivity (Wildman–Crippen MR) is 94.2 cm³/mol. The molecule has 1 aliphatic carbocycles. The monoisotopic (exact) mass is 324 g/mol. The Bertz CT molecular complexity index is 418. The van der Waals surface area contributed by atoms with Crippen LogP contribution in [-0.4, -0.2) is 18.5 Å². The number of amides is 1. The topological polar surface area (TPSA) is 55.1 Å². The first-order chi connectivity index (χ1) is 10.3. The zero-order chi connectivity index (χ0) is 14.9. The fraction of sp³-hybridized carbons (Fsp3) is 0.611. The first-order valence-electron chi connectivity index (χ1n) is 8.33. The Balaban J connectivity index is 0.00000242. The van der Waals surface area contributed by atoms with Crippen molar-refractivity contribution in [1.82, 2.24) is 5.32 Å². The minimum Gasteiger partial charge on any atom is -0.355 e. The van der Waals surface area contributed by atoms with Gasteiger partial charge in [0.1, 0.15) is 0 Å². The van der Waals surface area contributed by atoms with Crippen molar-refractivity contribution in [2.45, 2.75) is 57.4 Å². The highest BCUT2D eigenvalue weighted by Crippen LogP contribution is 2.28. The van der Waals surface area contributed by atoms with Gasteiger partial charge >= 0.3 is 0 Å². The van der Waals surface area contributed by atoms with E-state index in [-0.39, 0.29) is 18.3 Å². The number of carbonyl (C=O) groups excluding carboxylic acids is 1. The molecule has 1 aromatic rings. The molecule has 0 aromatic heterocycles. The van der Waals surface area contributed by atoms with E-state index in [4.69, 9.17) is 5.73 Å². The van der Waals surface area contributed by atoms with Gasteiger partial charge in [0.25, 0.3) is 0 Å². The number of nitrogens with one attached hydrogen (secondary N) is 1. The van der Waals surface area contributed by atoms with Gasteiger partial charge in [0.2, 0.25) is 5.91 Å². The second kappa shape index (κ2) is 10.6. The Morgan fingerprint density at radius 1 is 1.18 bits per heavy atom. The molecule has 1 amide bonds. The quantitative estimate of drug-likeness (QED) is 0.719. The number of carbonyl (C=O) groups is 1. The van der Waals surface area contributed by atoms with Crippen molar-refractivity contribution >= 4 is 18.3 Å². The lowest BCUT2D eigenvalue weighted by atomic mass is 10.0. The van der Waals surface area contributed by atoms with E-state index in [1.165, 1.54) is 38.5 Å². The van der Waals surface area contributed by atoms with Crippen LogP contribution in [0.3, 0.4) is 0 Å². The first kappa shape index (κ1) is 19.0. The Morgan fingerprint density at radius 2 is 1.86 bits per heavy atom. The third kappa shape index (κ3) is 6.80. The van der Waals surface area contributed by atoms with E-state index in [1.807, 2.05) is 30.3 Å². The molecule has 2 rings (SSSR count). The summed E-state index contributed by atoms with van der Waals surface area (Å²) in [5, 5.41) is 2.96. The van der Waals surface area contributed by atoms with Crippen LogP contribution in [-0.2, 0) is 11.2 Å². The highest BCUT2D eigenvalue weighted by Gasteiger charge is 2.15. The molecule has 0 unspecified atom stereocenters. The largest absolute Gasteiger partial charge is 0.355 e.